The first-order valence-corrected chi connectivity index (χ1v) is 9.23. The molecule has 0 aliphatic carbocycles. The van der Waals surface area contributed by atoms with Gasteiger partial charge in [0, 0.05) is 4.47 Å². The van der Waals surface area contributed by atoms with Crippen molar-refractivity contribution in [1.82, 2.24) is 5.32 Å². The molecule has 0 saturated carbocycles. The lowest BCUT2D eigenvalue weighted by Crippen LogP contribution is -2.54. The number of nitrogens with zero attached hydrogens (tertiary/aromatic N) is 1. The summed E-state index contributed by atoms with van der Waals surface area (Å²) in [6, 6.07) is 11.6. The Labute approximate surface area is 169 Å². The molecule has 3 rings (SSSR count). The third-order valence-electron chi connectivity index (χ3n) is 3.76. The van der Waals surface area contributed by atoms with Gasteiger partial charge in [-0.25, -0.2) is 0 Å². The number of ether oxygens (including phenoxy) is 1. The van der Waals surface area contributed by atoms with Crippen molar-refractivity contribution in [3.05, 3.63) is 58.1 Å². The SMILES string of the molecule is CCOc1cc(/C=C2\C(=O)NC(=S)N(c3cccc(Br)c3)C2=O)ccc1O. The van der Waals surface area contributed by atoms with Crippen LogP contribution in [0.3, 0.4) is 0 Å². The average molecular weight is 447 g/mol. The van der Waals surface area contributed by atoms with E-state index in [0.29, 0.717) is 17.9 Å². The van der Waals surface area contributed by atoms with E-state index in [1.165, 1.54) is 17.0 Å². The molecule has 1 aliphatic rings. The molecule has 2 aromatic rings. The van der Waals surface area contributed by atoms with Gasteiger partial charge in [-0.2, -0.15) is 0 Å². The van der Waals surface area contributed by atoms with Crippen LogP contribution in [0.5, 0.6) is 11.5 Å². The Kier molecular flexibility index (Phi) is 5.57. The maximum Gasteiger partial charge on any atom is 0.270 e. The smallest absolute Gasteiger partial charge is 0.270 e. The number of hydrogen-bond acceptors (Lipinski definition) is 5. The zero-order valence-corrected chi connectivity index (χ0v) is 16.6. The number of benzene rings is 2. The molecular weight excluding hydrogens is 432 g/mol. The molecule has 0 atom stereocenters. The van der Waals surface area contributed by atoms with E-state index in [4.69, 9.17) is 17.0 Å². The first kappa shape index (κ1) is 19.1. The Bertz CT molecular complexity index is 974. The maximum atomic E-state index is 13.0. The summed E-state index contributed by atoms with van der Waals surface area (Å²) in [6.45, 7) is 2.16. The number of anilines is 1. The summed E-state index contributed by atoms with van der Waals surface area (Å²) in [7, 11) is 0. The molecule has 1 aliphatic heterocycles. The van der Waals surface area contributed by atoms with Crippen LogP contribution in [0.1, 0.15) is 12.5 Å². The molecule has 1 heterocycles. The number of nitrogens with one attached hydrogen (secondary N) is 1. The first-order valence-electron chi connectivity index (χ1n) is 8.03. The summed E-state index contributed by atoms with van der Waals surface area (Å²) in [5.74, 6) is -0.861. The molecule has 0 aromatic heterocycles. The van der Waals surface area contributed by atoms with Crippen LogP contribution in [0, 0.1) is 0 Å². The van der Waals surface area contributed by atoms with Crippen LogP contribution in [0.2, 0.25) is 0 Å². The fraction of sp³-hybridized carbons (Fsp3) is 0.105. The maximum absolute atomic E-state index is 13.0. The van der Waals surface area contributed by atoms with E-state index in [1.807, 2.05) is 6.07 Å². The summed E-state index contributed by atoms with van der Waals surface area (Å²) < 4.78 is 6.12. The van der Waals surface area contributed by atoms with Gasteiger partial charge in [-0.05, 0) is 61.1 Å². The summed E-state index contributed by atoms with van der Waals surface area (Å²) in [5.41, 5.74) is 1.000. The van der Waals surface area contributed by atoms with E-state index < -0.39 is 11.8 Å². The van der Waals surface area contributed by atoms with Gasteiger partial charge in [0.1, 0.15) is 5.57 Å². The molecule has 0 spiro atoms. The Balaban J connectivity index is 2.00. The number of carbonyl (C=O) groups is 2. The van der Waals surface area contributed by atoms with Crippen molar-refractivity contribution in [2.24, 2.45) is 0 Å². The zero-order chi connectivity index (χ0) is 19.6. The largest absolute Gasteiger partial charge is 0.504 e. The minimum atomic E-state index is -0.581. The predicted octanol–water partition coefficient (Wildman–Crippen LogP) is 3.38. The van der Waals surface area contributed by atoms with Crippen LogP contribution in [0.4, 0.5) is 5.69 Å². The molecule has 1 saturated heterocycles. The monoisotopic (exact) mass is 446 g/mol. The lowest BCUT2D eigenvalue weighted by Gasteiger charge is -2.29. The highest BCUT2D eigenvalue weighted by atomic mass is 79.9. The topological polar surface area (TPSA) is 78.9 Å². The number of amides is 2. The van der Waals surface area contributed by atoms with E-state index in [2.05, 4.69) is 21.2 Å². The molecule has 2 amide bonds. The van der Waals surface area contributed by atoms with Crippen molar-refractivity contribution < 1.29 is 19.4 Å². The predicted molar refractivity (Wildman–Crippen MR) is 110 cm³/mol. The standard InChI is InChI=1S/C19H15BrN2O4S/c1-2-26-16-9-11(6-7-15(16)23)8-14-17(24)21-19(27)22(18(14)25)13-5-3-4-12(20)10-13/h3-10,23H,2H2,1H3,(H,21,24,27)/b14-8+. The van der Waals surface area contributed by atoms with Crippen LogP contribution in [-0.2, 0) is 9.59 Å². The fourth-order valence-electron chi connectivity index (χ4n) is 2.57. The summed E-state index contributed by atoms with van der Waals surface area (Å²) in [6.07, 6.45) is 1.44. The number of carbonyl (C=O) groups excluding carboxylic acids is 2. The van der Waals surface area contributed by atoms with Gasteiger partial charge in [-0.1, -0.05) is 28.1 Å². The molecular formula is C19H15BrN2O4S. The number of phenolic OH excluding ortho intramolecular Hbond substituents is 1. The quantitative estimate of drug-likeness (QED) is 0.427. The number of hydrogen-bond donors (Lipinski definition) is 2. The lowest BCUT2D eigenvalue weighted by molar-refractivity contribution is -0.122. The van der Waals surface area contributed by atoms with Gasteiger partial charge in [0.05, 0.1) is 12.3 Å². The van der Waals surface area contributed by atoms with Gasteiger partial charge < -0.3 is 9.84 Å². The van der Waals surface area contributed by atoms with Gasteiger partial charge >= 0.3 is 0 Å². The van der Waals surface area contributed by atoms with E-state index in [-0.39, 0.29) is 22.2 Å². The highest BCUT2D eigenvalue weighted by molar-refractivity contribution is 9.10. The zero-order valence-electron chi connectivity index (χ0n) is 14.2. The minimum Gasteiger partial charge on any atom is -0.504 e. The van der Waals surface area contributed by atoms with E-state index in [9.17, 15) is 14.7 Å². The van der Waals surface area contributed by atoms with Crippen molar-refractivity contribution in [3.63, 3.8) is 0 Å². The summed E-state index contributed by atoms with van der Waals surface area (Å²) in [4.78, 5) is 26.6. The average Bonchev–Trinajstić information content (AvgIpc) is 2.61. The molecule has 27 heavy (non-hydrogen) atoms. The molecule has 6 nitrogen and oxygen atoms in total. The van der Waals surface area contributed by atoms with Crippen molar-refractivity contribution >= 4 is 56.8 Å². The second-order valence-corrected chi connectivity index (χ2v) is 6.90. The number of aromatic hydroxyl groups is 1. The van der Waals surface area contributed by atoms with E-state index in [0.717, 1.165) is 4.47 Å². The van der Waals surface area contributed by atoms with E-state index in [1.54, 1.807) is 37.3 Å². The fourth-order valence-corrected chi connectivity index (χ4v) is 3.23. The van der Waals surface area contributed by atoms with Crippen LogP contribution in [-0.4, -0.2) is 28.6 Å². The van der Waals surface area contributed by atoms with Crippen LogP contribution >= 0.6 is 28.1 Å². The van der Waals surface area contributed by atoms with Crippen molar-refractivity contribution in [2.75, 3.05) is 11.5 Å². The van der Waals surface area contributed by atoms with Gasteiger partial charge in [-0.15, -0.1) is 0 Å². The first-order chi connectivity index (χ1) is 12.9. The van der Waals surface area contributed by atoms with Crippen molar-refractivity contribution in [3.8, 4) is 11.5 Å². The van der Waals surface area contributed by atoms with Gasteiger partial charge in [-0.3, -0.25) is 19.8 Å². The number of rotatable bonds is 4. The molecule has 0 unspecified atom stereocenters. The third-order valence-corrected chi connectivity index (χ3v) is 4.54. The van der Waals surface area contributed by atoms with Crippen LogP contribution < -0.4 is 15.0 Å². The van der Waals surface area contributed by atoms with Gasteiger partial charge in [0.2, 0.25) is 0 Å². The summed E-state index contributed by atoms with van der Waals surface area (Å²) >= 11 is 8.53. The number of phenols is 1. The normalized spacial score (nSPS) is 15.9. The second kappa shape index (κ2) is 7.89. The molecule has 0 bridgehead atoms. The number of halogens is 1. The van der Waals surface area contributed by atoms with Crippen molar-refractivity contribution in [1.29, 1.82) is 0 Å². The minimum absolute atomic E-state index is 0.0148. The van der Waals surface area contributed by atoms with Crippen LogP contribution in [0.25, 0.3) is 6.08 Å². The summed E-state index contributed by atoms with van der Waals surface area (Å²) in [5, 5.41) is 12.4. The Morgan fingerprint density at radius 1 is 1.26 bits per heavy atom. The second-order valence-electron chi connectivity index (χ2n) is 5.60. The molecule has 2 N–H and O–H groups in total. The highest BCUT2D eigenvalue weighted by Gasteiger charge is 2.34. The Hall–Kier alpha value is -2.71. The highest BCUT2D eigenvalue weighted by Crippen LogP contribution is 2.29. The molecule has 1 fully saturated rings. The van der Waals surface area contributed by atoms with Crippen LogP contribution in [0.15, 0.2) is 52.5 Å². The molecule has 8 heteroatoms. The molecule has 2 aromatic carbocycles. The van der Waals surface area contributed by atoms with Gasteiger partial charge in [0.25, 0.3) is 11.8 Å². The van der Waals surface area contributed by atoms with Crippen molar-refractivity contribution in [2.45, 2.75) is 6.92 Å². The molecule has 0 radical (unpaired) electrons. The third kappa shape index (κ3) is 4.01. The Morgan fingerprint density at radius 3 is 2.74 bits per heavy atom. The number of thiocarbonyl (C=S) groups is 1. The van der Waals surface area contributed by atoms with Gasteiger partial charge in [0.15, 0.2) is 16.6 Å². The molecule has 138 valence electrons. The lowest BCUT2D eigenvalue weighted by atomic mass is 10.1. The Morgan fingerprint density at radius 2 is 2.04 bits per heavy atom. The van der Waals surface area contributed by atoms with E-state index >= 15 is 0 Å².